The van der Waals surface area contributed by atoms with Crippen molar-refractivity contribution in [3.05, 3.63) is 18.2 Å². The predicted octanol–water partition coefficient (Wildman–Crippen LogP) is 2.21. The van der Waals surface area contributed by atoms with Gasteiger partial charge in [-0.1, -0.05) is 0 Å². The molecule has 1 aliphatic heterocycles. The molecule has 0 saturated carbocycles. The van der Waals surface area contributed by atoms with E-state index in [1.165, 1.54) is 0 Å². The van der Waals surface area contributed by atoms with Gasteiger partial charge < -0.3 is 14.2 Å². The molecule has 1 heterocycles. The molecule has 0 unspecified atom stereocenters. The second-order valence-electron chi connectivity index (χ2n) is 3.17. The van der Waals surface area contributed by atoms with Crippen molar-refractivity contribution >= 4 is 0 Å². The normalized spacial score (nSPS) is 12.2. The Bertz CT molecular complexity index is 379. The molecule has 0 radical (unpaired) electrons. The number of ether oxygens (including phenoxy) is 3. The van der Waals surface area contributed by atoms with Crippen molar-refractivity contribution in [1.82, 2.24) is 0 Å². The number of benzene rings is 1. The average Bonchev–Trinajstić information content (AvgIpc) is 2.71. The van der Waals surface area contributed by atoms with Crippen molar-refractivity contribution in [3.63, 3.8) is 0 Å². The Morgan fingerprint density at radius 3 is 3.07 bits per heavy atom. The SMILES string of the molecule is C#CCCCOc1ccc2c(c1)OCO2. The zero-order chi connectivity index (χ0) is 10.5. The molecule has 78 valence electrons. The van der Waals surface area contributed by atoms with Crippen LogP contribution in [-0.4, -0.2) is 13.4 Å². The highest BCUT2D eigenvalue weighted by Gasteiger charge is 2.13. The first-order chi connectivity index (χ1) is 7.40. The minimum Gasteiger partial charge on any atom is -0.493 e. The Morgan fingerprint density at radius 2 is 2.20 bits per heavy atom. The van der Waals surface area contributed by atoms with E-state index < -0.39 is 0 Å². The molecule has 1 aromatic rings. The van der Waals surface area contributed by atoms with E-state index >= 15 is 0 Å². The van der Waals surface area contributed by atoms with Crippen LogP contribution in [0.4, 0.5) is 0 Å². The fourth-order valence-corrected chi connectivity index (χ4v) is 1.33. The molecule has 1 aliphatic rings. The largest absolute Gasteiger partial charge is 0.493 e. The summed E-state index contributed by atoms with van der Waals surface area (Å²) in [5, 5.41) is 0. The van der Waals surface area contributed by atoms with E-state index in [2.05, 4.69) is 5.92 Å². The first-order valence-corrected chi connectivity index (χ1v) is 4.86. The fraction of sp³-hybridized carbons (Fsp3) is 0.333. The summed E-state index contributed by atoms with van der Waals surface area (Å²) in [5.41, 5.74) is 0. The lowest BCUT2D eigenvalue weighted by atomic mass is 10.3. The molecule has 0 atom stereocenters. The third-order valence-corrected chi connectivity index (χ3v) is 2.08. The van der Waals surface area contributed by atoms with Gasteiger partial charge in [-0.25, -0.2) is 0 Å². The lowest BCUT2D eigenvalue weighted by Crippen LogP contribution is -1.96. The van der Waals surface area contributed by atoms with Gasteiger partial charge in [-0.3, -0.25) is 0 Å². The van der Waals surface area contributed by atoms with Gasteiger partial charge in [0, 0.05) is 12.5 Å². The van der Waals surface area contributed by atoms with Crippen LogP contribution in [0.5, 0.6) is 17.2 Å². The van der Waals surface area contributed by atoms with E-state index in [0.29, 0.717) is 6.61 Å². The third-order valence-electron chi connectivity index (χ3n) is 2.08. The lowest BCUT2D eigenvalue weighted by molar-refractivity contribution is 0.173. The topological polar surface area (TPSA) is 27.7 Å². The zero-order valence-corrected chi connectivity index (χ0v) is 8.36. The van der Waals surface area contributed by atoms with Gasteiger partial charge in [0.15, 0.2) is 11.5 Å². The van der Waals surface area contributed by atoms with Gasteiger partial charge in [0.2, 0.25) is 6.79 Å². The monoisotopic (exact) mass is 204 g/mol. The van der Waals surface area contributed by atoms with Crippen LogP contribution in [0.25, 0.3) is 0 Å². The van der Waals surface area contributed by atoms with Crippen LogP contribution < -0.4 is 14.2 Å². The van der Waals surface area contributed by atoms with Gasteiger partial charge >= 0.3 is 0 Å². The van der Waals surface area contributed by atoms with Crippen LogP contribution in [0.1, 0.15) is 12.8 Å². The van der Waals surface area contributed by atoms with Crippen LogP contribution in [0.3, 0.4) is 0 Å². The quantitative estimate of drug-likeness (QED) is 0.556. The summed E-state index contributed by atoms with van der Waals surface area (Å²) >= 11 is 0. The van der Waals surface area contributed by atoms with E-state index in [9.17, 15) is 0 Å². The molecular weight excluding hydrogens is 192 g/mol. The lowest BCUT2D eigenvalue weighted by Gasteiger charge is -2.05. The Kier molecular flexibility index (Phi) is 2.99. The molecular formula is C12H12O3. The van der Waals surface area contributed by atoms with Crippen molar-refractivity contribution in [2.45, 2.75) is 12.8 Å². The molecule has 1 aromatic carbocycles. The van der Waals surface area contributed by atoms with E-state index in [1.54, 1.807) is 0 Å². The highest BCUT2D eigenvalue weighted by Crippen LogP contribution is 2.35. The maximum atomic E-state index is 5.50. The molecule has 0 aliphatic carbocycles. The van der Waals surface area contributed by atoms with Crippen molar-refractivity contribution in [2.75, 3.05) is 13.4 Å². The Labute approximate surface area is 89.0 Å². The highest BCUT2D eigenvalue weighted by molar-refractivity contribution is 5.46. The fourth-order valence-electron chi connectivity index (χ4n) is 1.33. The highest BCUT2D eigenvalue weighted by atomic mass is 16.7. The maximum Gasteiger partial charge on any atom is 0.231 e. The number of unbranched alkanes of at least 4 members (excludes halogenated alkanes) is 1. The van der Waals surface area contributed by atoms with Gasteiger partial charge in [-0.05, 0) is 18.6 Å². The maximum absolute atomic E-state index is 5.50. The van der Waals surface area contributed by atoms with Crippen LogP contribution in [0, 0.1) is 12.3 Å². The van der Waals surface area contributed by atoms with Crippen molar-refractivity contribution in [1.29, 1.82) is 0 Å². The summed E-state index contributed by atoms with van der Waals surface area (Å²) in [6.45, 7) is 0.916. The molecule has 2 rings (SSSR count). The van der Waals surface area contributed by atoms with Gasteiger partial charge in [-0.2, -0.15) is 0 Å². The number of fused-ring (bicyclic) bond motifs is 1. The summed E-state index contributed by atoms with van der Waals surface area (Å²) in [5.74, 6) is 4.87. The summed E-state index contributed by atoms with van der Waals surface area (Å²) in [7, 11) is 0. The Balaban J connectivity index is 1.90. The minimum atomic E-state index is 0.288. The van der Waals surface area contributed by atoms with Gasteiger partial charge in [0.25, 0.3) is 0 Å². The van der Waals surface area contributed by atoms with Crippen LogP contribution in [-0.2, 0) is 0 Å². The molecule has 0 saturated heterocycles. The molecule has 3 heteroatoms. The smallest absolute Gasteiger partial charge is 0.231 e. The number of hydrogen-bond acceptors (Lipinski definition) is 3. The molecule has 0 aromatic heterocycles. The predicted molar refractivity (Wildman–Crippen MR) is 56.1 cm³/mol. The first kappa shape index (κ1) is 9.72. The zero-order valence-electron chi connectivity index (χ0n) is 8.36. The van der Waals surface area contributed by atoms with Gasteiger partial charge in [0.05, 0.1) is 6.61 Å². The van der Waals surface area contributed by atoms with E-state index in [0.717, 1.165) is 30.1 Å². The van der Waals surface area contributed by atoms with Crippen LogP contribution >= 0.6 is 0 Å². The average molecular weight is 204 g/mol. The first-order valence-electron chi connectivity index (χ1n) is 4.86. The number of rotatable bonds is 4. The summed E-state index contributed by atoms with van der Waals surface area (Å²) in [6.07, 6.45) is 6.75. The van der Waals surface area contributed by atoms with Crippen LogP contribution in [0.2, 0.25) is 0 Å². The van der Waals surface area contributed by atoms with Crippen molar-refractivity contribution in [3.8, 4) is 29.6 Å². The van der Waals surface area contributed by atoms with E-state index in [-0.39, 0.29) is 6.79 Å². The number of hydrogen-bond donors (Lipinski definition) is 0. The summed E-state index contributed by atoms with van der Waals surface area (Å²) in [6, 6.07) is 5.54. The Morgan fingerprint density at radius 1 is 1.33 bits per heavy atom. The number of terminal acetylenes is 1. The molecule has 0 N–H and O–H groups in total. The van der Waals surface area contributed by atoms with Crippen molar-refractivity contribution < 1.29 is 14.2 Å². The second-order valence-corrected chi connectivity index (χ2v) is 3.17. The van der Waals surface area contributed by atoms with E-state index in [4.69, 9.17) is 20.6 Å². The molecule has 0 amide bonds. The molecule has 0 spiro atoms. The molecule has 15 heavy (non-hydrogen) atoms. The van der Waals surface area contributed by atoms with E-state index in [1.807, 2.05) is 18.2 Å². The second kappa shape index (κ2) is 4.61. The molecule has 0 fully saturated rings. The molecule has 3 nitrogen and oxygen atoms in total. The van der Waals surface area contributed by atoms with Gasteiger partial charge in [-0.15, -0.1) is 12.3 Å². The Hall–Kier alpha value is -1.82. The van der Waals surface area contributed by atoms with Gasteiger partial charge in [0.1, 0.15) is 5.75 Å². The standard InChI is InChI=1S/C12H12O3/c1-2-3-4-7-13-10-5-6-11-12(8-10)15-9-14-11/h1,5-6,8H,3-4,7,9H2. The summed E-state index contributed by atoms with van der Waals surface area (Å²) < 4.78 is 15.9. The third kappa shape index (κ3) is 2.35. The summed E-state index contributed by atoms with van der Waals surface area (Å²) in [4.78, 5) is 0. The van der Waals surface area contributed by atoms with Crippen molar-refractivity contribution in [2.24, 2.45) is 0 Å². The minimum absolute atomic E-state index is 0.288. The molecule has 0 bridgehead atoms. The van der Waals surface area contributed by atoms with Crippen LogP contribution in [0.15, 0.2) is 18.2 Å².